The van der Waals surface area contributed by atoms with Crippen molar-refractivity contribution in [3.63, 3.8) is 0 Å². The van der Waals surface area contributed by atoms with Gasteiger partial charge in [-0.25, -0.2) is 9.59 Å². The van der Waals surface area contributed by atoms with Crippen LogP contribution in [0.3, 0.4) is 0 Å². The minimum absolute atomic E-state index is 0.154. The molecule has 5 aliphatic rings. The van der Waals surface area contributed by atoms with Crippen molar-refractivity contribution >= 4 is 46.4 Å². The summed E-state index contributed by atoms with van der Waals surface area (Å²) in [6.07, 6.45) is 5.60. The third-order valence-electron chi connectivity index (χ3n) is 12.3. The largest absolute Gasteiger partial charge is 0.491 e. The van der Waals surface area contributed by atoms with Gasteiger partial charge in [-0.15, -0.1) is 0 Å². The highest BCUT2D eigenvalue weighted by Crippen LogP contribution is 2.52. The van der Waals surface area contributed by atoms with E-state index in [1.54, 1.807) is 6.20 Å². The fraction of sp³-hybridized carbons (Fsp3) is 0.675. The predicted octanol–water partition coefficient (Wildman–Crippen LogP) is 4.67. The van der Waals surface area contributed by atoms with Crippen LogP contribution < -0.4 is 15.4 Å². The van der Waals surface area contributed by atoms with Crippen LogP contribution in [0.25, 0.3) is 10.9 Å². The number of benzene rings is 1. The van der Waals surface area contributed by atoms with Crippen molar-refractivity contribution in [2.45, 2.75) is 96.4 Å². The van der Waals surface area contributed by atoms with Crippen molar-refractivity contribution in [2.75, 3.05) is 46.0 Å². The lowest BCUT2D eigenvalue weighted by atomic mass is 9.85. The summed E-state index contributed by atoms with van der Waals surface area (Å²) in [7, 11) is 0. The summed E-state index contributed by atoms with van der Waals surface area (Å²) in [5.74, 6) is -0.479. The number of pyridine rings is 1. The van der Waals surface area contributed by atoms with Crippen molar-refractivity contribution in [3.8, 4) is 5.75 Å². The fourth-order valence-corrected chi connectivity index (χ4v) is 9.23. The number of ether oxygens (including phenoxy) is 3. The highest BCUT2D eigenvalue weighted by atomic mass is 35.5. The van der Waals surface area contributed by atoms with E-state index in [4.69, 9.17) is 25.8 Å². The number of carbonyl (C=O) groups excluding carboxylic acids is 3. The Morgan fingerprint density at radius 3 is 2.50 bits per heavy atom. The van der Waals surface area contributed by atoms with Crippen LogP contribution in [0.5, 0.6) is 5.75 Å². The number of halogens is 1. The third kappa shape index (κ3) is 8.14. The number of amides is 3. The van der Waals surface area contributed by atoms with Gasteiger partial charge in [0.2, 0.25) is 11.8 Å². The van der Waals surface area contributed by atoms with Gasteiger partial charge in [0, 0.05) is 37.8 Å². The average Bonchev–Trinajstić information content (AvgIpc) is 3.95. The number of aromatic nitrogens is 1. The maximum absolute atomic E-state index is 14.6. The molecule has 54 heavy (non-hydrogen) atoms. The number of hydrogen-bond donors (Lipinski definition) is 3. The minimum atomic E-state index is -1.34. The lowest BCUT2D eigenvalue weighted by Crippen LogP contribution is -2.59. The standard InChI is InChI=1S/C40H54ClN5O8/c1-5-27-21-40(27,37(49)50)44-35(47)30-17-23(22-46(30)36(48)34(39(2,3)4)43-38(51)54-28-19-25-18-26(25)20-28)16-24-8-9-42-33-29(24)6-7-31(32(33)41)53-15-12-45-10-13-52-14-11-45/h6-9,23,25-28,30,34H,5,10-22H2,1-4H3,(H,43,51)(H,44,47)(H,49,50)/t23?,25-,26+,27-,28?,30+,34-,40-/m1/s1. The van der Waals surface area contributed by atoms with Crippen LogP contribution in [0, 0.1) is 29.1 Å². The molecule has 0 radical (unpaired) electrons. The normalized spacial score (nSPS) is 29.7. The van der Waals surface area contributed by atoms with Crippen LogP contribution in [-0.4, -0.2) is 113 Å². The number of hydrogen-bond acceptors (Lipinski definition) is 9. The third-order valence-corrected chi connectivity index (χ3v) is 12.7. The van der Waals surface area contributed by atoms with E-state index in [0.717, 1.165) is 43.4 Å². The molecular formula is C40H54ClN5O8. The monoisotopic (exact) mass is 767 g/mol. The molecule has 2 unspecified atom stereocenters. The van der Waals surface area contributed by atoms with Gasteiger partial charge >= 0.3 is 12.1 Å². The van der Waals surface area contributed by atoms with Gasteiger partial charge in [0.1, 0.15) is 41.1 Å². The van der Waals surface area contributed by atoms with Crippen LogP contribution in [-0.2, 0) is 30.3 Å². The fourth-order valence-electron chi connectivity index (χ4n) is 8.96. The van der Waals surface area contributed by atoms with Crippen molar-refractivity contribution in [1.82, 2.24) is 25.4 Å². The Balaban J connectivity index is 1.09. The summed E-state index contributed by atoms with van der Waals surface area (Å²) in [5, 5.41) is 17.1. The second kappa shape index (κ2) is 15.5. The number of likely N-dealkylation sites (tertiary alicyclic amines) is 1. The summed E-state index contributed by atoms with van der Waals surface area (Å²) in [6.45, 7) is 12.2. The molecule has 5 fully saturated rings. The number of aliphatic carboxylic acids is 1. The second-order valence-electron chi connectivity index (χ2n) is 17.1. The maximum atomic E-state index is 14.6. The van der Waals surface area contributed by atoms with Crippen molar-refractivity contribution < 1.29 is 38.5 Å². The first-order valence-electron chi connectivity index (χ1n) is 19.6. The first-order chi connectivity index (χ1) is 25.8. The Labute approximate surface area is 321 Å². The number of carboxylic acid groups (broad SMARTS) is 1. The van der Waals surface area contributed by atoms with Gasteiger partial charge in [-0.1, -0.05) is 45.7 Å². The van der Waals surface area contributed by atoms with Crippen LogP contribution in [0.4, 0.5) is 4.79 Å². The van der Waals surface area contributed by atoms with Crippen LogP contribution in [0.2, 0.25) is 5.02 Å². The number of alkyl carbamates (subject to hydrolysis) is 1. The molecule has 3 N–H and O–H groups in total. The number of fused-ring (bicyclic) bond motifs is 2. The van der Waals surface area contributed by atoms with Crippen molar-refractivity contribution in [1.29, 1.82) is 0 Å². The molecule has 3 aliphatic carbocycles. The zero-order valence-corrected chi connectivity index (χ0v) is 32.5. The van der Waals surface area contributed by atoms with E-state index in [0.29, 0.717) is 73.6 Å². The molecule has 1 aromatic heterocycles. The second-order valence-corrected chi connectivity index (χ2v) is 17.5. The quantitative estimate of drug-likeness (QED) is 0.262. The van der Waals surface area contributed by atoms with Gasteiger partial charge in [0.15, 0.2) is 0 Å². The number of rotatable bonds is 13. The number of carbonyl (C=O) groups is 4. The number of carboxylic acids is 1. The smallest absolute Gasteiger partial charge is 0.408 e. The predicted molar refractivity (Wildman–Crippen MR) is 201 cm³/mol. The Morgan fingerprint density at radius 1 is 1.09 bits per heavy atom. The van der Waals surface area contributed by atoms with E-state index < -0.39 is 46.9 Å². The van der Waals surface area contributed by atoms with Crippen molar-refractivity contribution in [2.24, 2.45) is 29.1 Å². The highest BCUT2D eigenvalue weighted by molar-refractivity contribution is 6.36. The lowest BCUT2D eigenvalue weighted by Gasteiger charge is -2.35. The summed E-state index contributed by atoms with van der Waals surface area (Å²) < 4.78 is 17.3. The Kier molecular flexibility index (Phi) is 11.0. The number of nitrogens with zero attached hydrogens (tertiary/aromatic N) is 3. The SMILES string of the molecule is CC[C@@H]1C[C@]1(NC(=O)[C@@H]1CC(Cc2ccnc3c(Cl)c(OCCN4CCOCC4)ccc23)CN1C(=O)[C@@H](NC(=O)OC1C[C@@H]2C[C@@H]2C1)C(C)(C)C)C(=O)O. The van der Waals surface area contributed by atoms with E-state index >= 15 is 0 Å². The Bertz CT molecular complexity index is 1750. The molecule has 2 saturated heterocycles. The molecule has 0 bridgehead atoms. The Morgan fingerprint density at radius 2 is 1.83 bits per heavy atom. The van der Waals surface area contributed by atoms with Gasteiger partial charge in [0.05, 0.1) is 18.7 Å². The summed E-state index contributed by atoms with van der Waals surface area (Å²) >= 11 is 6.86. The van der Waals surface area contributed by atoms with Crippen molar-refractivity contribution in [3.05, 3.63) is 35.0 Å². The highest BCUT2D eigenvalue weighted by Gasteiger charge is 2.61. The van der Waals surface area contributed by atoms with E-state index in [1.165, 1.54) is 11.3 Å². The molecule has 14 heteroatoms. The van der Waals surface area contributed by atoms with Gasteiger partial charge in [-0.2, -0.15) is 0 Å². The first kappa shape index (κ1) is 38.6. The molecule has 0 spiro atoms. The molecule has 1 aromatic carbocycles. The van der Waals surface area contributed by atoms with Gasteiger partial charge in [-0.05, 0) is 91.4 Å². The molecule has 7 rings (SSSR count). The first-order valence-corrected chi connectivity index (χ1v) is 20.0. The molecular weight excluding hydrogens is 714 g/mol. The zero-order valence-electron chi connectivity index (χ0n) is 31.8. The molecule has 3 saturated carbocycles. The molecule has 3 heterocycles. The van der Waals surface area contributed by atoms with E-state index in [9.17, 15) is 24.3 Å². The molecule has 3 amide bonds. The average molecular weight is 768 g/mol. The zero-order chi connectivity index (χ0) is 38.4. The Hall–Kier alpha value is -3.68. The molecule has 2 aromatic rings. The summed E-state index contributed by atoms with van der Waals surface area (Å²) in [4.78, 5) is 62.6. The number of nitrogens with one attached hydrogen (secondary N) is 2. The number of morpholine rings is 1. The summed E-state index contributed by atoms with van der Waals surface area (Å²) in [5.41, 5.74) is -0.485. The topological polar surface area (TPSA) is 160 Å². The maximum Gasteiger partial charge on any atom is 0.408 e. The minimum Gasteiger partial charge on any atom is -0.491 e. The van der Waals surface area contributed by atoms with Gasteiger partial charge in [0.25, 0.3) is 0 Å². The molecule has 8 atom stereocenters. The van der Waals surface area contributed by atoms with Crippen LogP contribution >= 0.6 is 11.6 Å². The van der Waals surface area contributed by atoms with Crippen LogP contribution in [0.1, 0.15) is 71.8 Å². The summed E-state index contributed by atoms with van der Waals surface area (Å²) in [6, 6.07) is 3.83. The van der Waals surface area contributed by atoms with Gasteiger partial charge < -0.3 is 34.9 Å². The van der Waals surface area contributed by atoms with E-state index in [-0.39, 0.29) is 24.5 Å². The molecule has 294 valence electrons. The van der Waals surface area contributed by atoms with Crippen LogP contribution in [0.15, 0.2) is 24.4 Å². The molecule has 13 nitrogen and oxygen atoms in total. The van der Waals surface area contributed by atoms with E-state index in [2.05, 4.69) is 20.5 Å². The van der Waals surface area contributed by atoms with E-state index in [1.807, 2.05) is 45.9 Å². The molecule has 2 aliphatic heterocycles. The lowest BCUT2D eigenvalue weighted by molar-refractivity contribution is -0.146. The van der Waals surface area contributed by atoms with Gasteiger partial charge in [-0.3, -0.25) is 19.5 Å².